The van der Waals surface area contributed by atoms with Crippen molar-refractivity contribution in [1.29, 1.82) is 0 Å². The number of pyridine rings is 1. The molecule has 2 aromatic carbocycles. The second-order valence-electron chi connectivity index (χ2n) is 7.10. The van der Waals surface area contributed by atoms with Crippen molar-refractivity contribution in [2.45, 2.75) is 20.0 Å². The molecule has 0 atom stereocenters. The van der Waals surface area contributed by atoms with E-state index in [-0.39, 0.29) is 36.5 Å². The van der Waals surface area contributed by atoms with Gasteiger partial charge in [-0.3, -0.25) is 10.1 Å². The Bertz CT molecular complexity index is 1340. The smallest absolute Gasteiger partial charge is 0.418 e. The summed E-state index contributed by atoms with van der Waals surface area (Å²) < 4.78 is 58.3. The normalized spacial score (nSPS) is 11.2. The first-order valence-electron chi connectivity index (χ1n) is 9.56. The van der Waals surface area contributed by atoms with E-state index < -0.39 is 29.5 Å². The van der Waals surface area contributed by atoms with Crippen molar-refractivity contribution in [1.82, 2.24) is 10.3 Å². The molecular weight excluding hydrogens is 628 g/mol. The Balaban J connectivity index is 1.83. The van der Waals surface area contributed by atoms with Crippen LogP contribution in [0.3, 0.4) is 0 Å². The minimum Gasteiger partial charge on any atom is -0.436 e. The number of rotatable bonds is 4. The molecule has 1 heterocycles. The minimum atomic E-state index is -4.64. The number of imide groups is 1. The van der Waals surface area contributed by atoms with Gasteiger partial charge in [0.25, 0.3) is 5.91 Å². The summed E-state index contributed by atoms with van der Waals surface area (Å²) in [5.41, 5.74) is -0.417. The van der Waals surface area contributed by atoms with E-state index in [1.54, 1.807) is 6.92 Å². The number of carbonyl (C=O) groups is 2. The van der Waals surface area contributed by atoms with Gasteiger partial charge in [0, 0.05) is 11.9 Å². The number of carbonyl (C=O) groups excluding carboxylic acids is 2. The number of hydrogen-bond donors (Lipinski definition) is 2. The number of halogens is 7. The number of anilines is 1. The molecule has 2 N–H and O–H groups in total. The van der Waals surface area contributed by atoms with E-state index in [2.05, 4.69) is 10.3 Å². The second-order valence-corrected chi connectivity index (χ2v) is 8.94. The monoisotopic (exact) mass is 641 g/mol. The van der Waals surface area contributed by atoms with Crippen LogP contribution in [0.15, 0.2) is 36.5 Å². The molecule has 184 valence electrons. The predicted molar refractivity (Wildman–Crippen MR) is 131 cm³/mol. The number of aromatic nitrogens is 1. The lowest BCUT2D eigenvalue weighted by molar-refractivity contribution is -0.138. The average Bonchev–Trinajstić information content (AvgIpc) is 2.77. The number of urea groups is 1. The summed E-state index contributed by atoms with van der Waals surface area (Å²) in [6.45, 7) is 3.10. The van der Waals surface area contributed by atoms with Gasteiger partial charge in [-0.05, 0) is 65.8 Å². The summed E-state index contributed by atoms with van der Waals surface area (Å²) in [7, 11) is 0. The van der Waals surface area contributed by atoms with Crippen LogP contribution >= 0.6 is 45.8 Å². The Hall–Kier alpha value is -2.64. The highest BCUT2D eigenvalue weighted by molar-refractivity contribution is 14.1. The van der Waals surface area contributed by atoms with E-state index in [0.29, 0.717) is 17.3 Å². The summed E-state index contributed by atoms with van der Waals surface area (Å²) in [5, 5.41) is 4.14. The highest BCUT2D eigenvalue weighted by atomic mass is 127. The molecule has 0 aliphatic heterocycles. The SMILES string of the molecule is Cc1cc(NC(=O)NC(=O)c2ccccc2F)c(C)c(Cl)c1Oc1ncc(C(F)(F)F)c(I)c1Cl. The van der Waals surface area contributed by atoms with Gasteiger partial charge in [0.05, 0.1) is 19.7 Å². The largest absolute Gasteiger partial charge is 0.436 e. The Morgan fingerprint density at radius 2 is 1.77 bits per heavy atom. The molecular formula is C22H14Cl2F4IN3O3. The topological polar surface area (TPSA) is 80.3 Å². The fraction of sp³-hybridized carbons (Fsp3) is 0.136. The molecule has 13 heteroatoms. The number of ether oxygens (including phenoxy) is 1. The second kappa shape index (κ2) is 10.5. The Morgan fingerprint density at radius 3 is 2.40 bits per heavy atom. The fourth-order valence-corrected chi connectivity index (χ4v) is 4.04. The van der Waals surface area contributed by atoms with Gasteiger partial charge in [-0.2, -0.15) is 13.2 Å². The van der Waals surface area contributed by atoms with Crippen molar-refractivity contribution in [3.05, 3.63) is 78.2 Å². The van der Waals surface area contributed by atoms with Gasteiger partial charge in [-0.25, -0.2) is 14.2 Å². The molecule has 0 saturated heterocycles. The van der Waals surface area contributed by atoms with Crippen molar-refractivity contribution in [2.24, 2.45) is 0 Å². The van der Waals surface area contributed by atoms with Crippen LogP contribution in [0.25, 0.3) is 0 Å². The Morgan fingerprint density at radius 1 is 1.11 bits per heavy atom. The molecule has 35 heavy (non-hydrogen) atoms. The van der Waals surface area contributed by atoms with Crippen LogP contribution in [0.4, 0.5) is 28.0 Å². The lowest BCUT2D eigenvalue weighted by atomic mass is 10.1. The summed E-state index contributed by atoms with van der Waals surface area (Å²) in [6.07, 6.45) is -4.04. The zero-order valence-corrected chi connectivity index (χ0v) is 21.5. The number of hydrogen-bond acceptors (Lipinski definition) is 4. The van der Waals surface area contributed by atoms with Gasteiger partial charge in [0.2, 0.25) is 5.88 Å². The lowest BCUT2D eigenvalue weighted by Gasteiger charge is -2.18. The third-order valence-corrected chi connectivity index (χ3v) is 6.92. The predicted octanol–water partition coefficient (Wildman–Crippen LogP) is 7.52. The molecule has 0 saturated carbocycles. The van der Waals surface area contributed by atoms with E-state index in [0.717, 1.165) is 6.07 Å². The number of benzene rings is 2. The number of nitrogens with zero attached hydrogens (tertiary/aromatic N) is 1. The zero-order chi connectivity index (χ0) is 26.1. The van der Waals surface area contributed by atoms with Crippen LogP contribution in [0.2, 0.25) is 10.0 Å². The highest BCUT2D eigenvalue weighted by Gasteiger charge is 2.35. The minimum absolute atomic E-state index is 0.0218. The zero-order valence-electron chi connectivity index (χ0n) is 17.8. The van der Waals surface area contributed by atoms with Crippen LogP contribution in [0.5, 0.6) is 11.6 Å². The molecule has 6 nitrogen and oxygen atoms in total. The number of alkyl halides is 3. The maximum Gasteiger partial charge on any atom is 0.418 e. The summed E-state index contributed by atoms with van der Waals surface area (Å²) >= 11 is 13.9. The molecule has 1 aromatic heterocycles. The van der Waals surface area contributed by atoms with Crippen LogP contribution < -0.4 is 15.4 Å². The van der Waals surface area contributed by atoms with Gasteiger partial charge >= 0.3 is 12.2 Å². The number of amides is 3. The number of aryl methyl sites for hydroxylation is 1. The molecule has 0 spiro atoms. The molecule has 0 aliphatic carbocycles. The van der Waals surface area contributed by atoms with Crippen LogP contribution in [0, 0.1) is 23.2 Å². The van der Waals surface area contributed by atoms with Gasteiger partial charge in [-0.1, -0.05) is 35.3 Å². The molecule has 0 unspecified atom stereocenters. The number of nitrogens with one attached hydrogen (secondary N) is 2. The van der Waals surface area contributed by atoms with E-state index in [1.165, 1.54) is 53.8 Å². The van der Waals surface area contributed by atoms with Gasteiger partial charge in [-0.15, -0.1) is 0 Å². The van der Waals surface area contributed by atoms with Crippen LogP contribution in [0.1, 0.15) is 27.0 Å². The van der Waals surface area contributed by atoms with Crippen molar-refractivity contribution < 1.29 is 31.9 Å². The van der Waals surface area contributed by atoms with Crippen molar-refractivity contribution in [3.8, 4) is 11.6 Å². The molecule has 0 fully saturated rings. The van der Waals surface area contributed by atoms with E-state index >= 15 is 0 Å². The molecule has 0 bridgehead atoms. The fourth-order valence-electron chi connectivity index (χ4n) is 2.89. The third kappa shape index (κ3) is 5.96. The first-order chi connectivity index (χ1) is 16.3. The quantitative estimate of drug-likeness (QED) is 0.228. The Labute approximate surface area is 220 Å². The maximum atomic E-state index is 13.7. The van der Waals surface area contributed by atoms with E-state index in [1.807, 2.05) is 5.32 Å². The van der Waals surface area contributed by atoms with Crippen LogP contribution in [-0.4, -0.2) is 16.9 Å². The Kier molecular flexibility index (Phi) is 8.12. The summed E-state index contributed by atoms with van der Waals surface area (Å²) in [6, 6.07) is 5.67. The van der Waals surface area contributed by atoms with Crippen molar-refractivity contribution in [2.75, 3.05) is 5.32 Å². The van der Waals surface area contributed by atoms with E-state index in [9.17, 15) is 27.2 Å². The molecule has 0 aliphatic rings. The lowest BCUT2D eigenvalue weighted by Crippen LogP contribution is -2.35. The molecule has 0 radical (unpaired) electrons. The third-order valence-electron chi connectivity index (χ3n) is 4.68. The highest BCUT2D eigenvalue weighted by Crippen LogP contribution is 2.43. The first kappa shape index (κ1) is 27.0. The summed E-state index contributed by atoms with van der Waals surface area (Å²) in [5.74, 6) is -1.97. The molecule has 3 rings (SSSR count). The molecule has 3 amide bonds. The first-order valence-corrected chi connectivity index (χ1v) is 11.4. The standard InChI is InChI=1S/C22H14Cl2F4IN3O3/c1-9-7-14(31-21(34)32-19(33)11-5-3-4-6-13(11)25)10(2)15(23)18(9)35-20-16(24)17(29)12(8-30-20)22(26,27)28/h3-8H,1-2H3,(H2,31,32,33,34). The average molecular weight is 642 g/mol. The summed E-state index contributed by atoms with van der Waals surface area (Å²) in [4.78, 5) is 28.1. The van der Waals surface area contributed by atoms with Crippen LogP contribution in [-0.2, 0) is 6.18 Å². The molecule has 3 aromatic rings. The van der Waals surface area contributed by atoms with Crippen molar-refractivity contribution in [3.63, 3.8) is 0 Å². The van der Waals surface area contributed by atoms with E-state index in [4.69, 9.17) is 27.9 Å². The van der Waals surface area contributed by atoms with Gasteiger partial charge < -0.3 is 10.1 Å². The van der Waals surface area contributed by atoms with Gasteiger partial charge in [0.15, 0.2) is 5.75 Å². The van der Waals surface area contributed by atoms with Crippen molar-refractivity contribution >= 4 is 63.4 Å². The maximum absolute atomic E-state index is 13.7. The van der Waals surface area contributed by atoms with Gasteiger partial charge in [0.1, 0.15) is 10.8 Å².